The lowest BCUT2D eigenvalue weighted by atomic mass is 9.92. The number of nitrogens with zero attached hydrogens (tertiary/aromatic N) is 3. The van der Waals surface area contributed by atoms with Crippen molar-refractivity contribution < 1.29 is 19.1 Å². The first-order valence-electron chi connectivity index (χ1n) is 14.1. The molecule has 0 aromatic carbocycles. The van der Waals surface area contributed by atoms with Crippen LogP contribution in [0.15, 0.2) is 6.07 Å². The van der Waals surface area contributed by atoms with Crippen LogP contribution in [-0.2, 0) is 33.7 Å². The number of amides is 2. The summed E-state index contributed by atoms with van der Waals surface area (Å²) in [5, 5.41) is 3.48. The molecule has 8 heteroatoms. The quantitative estimate of drug-likeness (QED) is 0.498. The van der Waals surface area contributed by atoms with Gasteiger partial charge < -0.3 is 29.2 Å². The Morgan fingerprint density at radius 2 is 1.94 bits per heavy atom. The zero-order valence-electron chi connectivity index (χ0n) is 22.6. The van der Waals surface area contributed by atoms with E-state index in [4.69, 9.17) is 9.47 Å². The smallest absolute Gasteiger partial charge is 0.270 e. The molecule has 0 spiro atoms. The van der Waals surface area contributed by atoms with Crippen molar-refractivity contribution in [3.63, 3.8) is 0 Å². The van der Waals surface area contributed by atoms with Crippen molar-refractivity contribution in [2.45, 2.75) is 71.4 Å². The number of piperidine rings is 1. The fourth-order valence-corrected chi connectivity index (χ4v) is 6.04. The topological polar surface area (TPSA) is 76.0 Å². The highest BCUT2D eigenvalue weighted by atomic mass is 16.5. The van der Waals surface area contributed by atoms with E-state index < -0.39 is 0 Å². The van der Waals surface area contributed by atoms with E-state index in [2.05, 4.69) is 34.7 Å². The molecule has 36 heavy (non-hydrogen) atoms. The summed E-state index contributed by atoms with van der Waals surface area (Å²) < 4.78 is 13.0. The summed E-state index contributed by atoms with van der Waals surface area (Å²) >= 11 is 0. The molecule has 1 aromatic rings. The third kappa shape index (κ3) is 6.50. The van der Waals surface area contributed by atoms with Crippen molar-refractivity contribution in [2.24, 2.45) is 11.8 Å². The Kier molecular flexibility index (Phi) is 9.85. The highest BCUT2D eigenvalue weighted by molar-refractivity contribution is 5.93. The van der Waals surface area contributed by atoms with Gasteiger partial charge >= 0.3 is 0 Å². The highest BCUT2D eigenvalue weighted by Gasteiger charge is 2.36. The molecule has 0 saturated carbocycles. The van der Waals surface area contributed by atoms with Crippen LogP contribution in [0.2, 0.25) is 0 Å². The average molecular weight is 503 g/mol. The molecule has 0 bridgehead atoms. The van der Waals surface area contributed by atoms with Crippen LogP contribution in [0.3, 0.4) is 0 Å². The summed E-state index contributed by atoms with van der Waals surface area (Å²) in [5.74, 6) is 0.572. The number of fused-ring (bicyclic) bond motifs is 1. The Morgan fingerprint density at radius 3 is 2.69 bits per heavy atom. The van der Waals surface area contributed by atoms with Crippen LogP contribution < -0.4 is 5.32 Å². The van der Waals surface area contributed by atoms with Crippen molar-refractivity contribution in [1.82, 2.24) is 19.7 Å². The van der Waals surface area contributed by atoms with Crippen LogP contribution >= 0.6 is 0 Å². The third-order valence-corrected chi connectivity index (χ3v) is 7.87. The minimum Gasteiger partial charge on any atom is -0.385 e. The lowest BCUT2D eigenvalue weighted by Gasteiger charge is -2.40. The van der Waals surface area contributed by atoms with Crippen LogP contribution in [0, 0.1) is 11.8 Å². The molecular weight excluding hydrogens is 456 g/mol. The van der Waals surface area contributed by atoms with E-state index >= 15 is 0 Å². The lowest BCUT2D eigenvalue weighted by molar-refractivity contribution is -0.140. The van der Waals surface area contributed by atoms with Gasteiger partial charge in [0, 0.05) is 64.7 Å². The van der Waals surface area contributed by atoms with Gasteiger partial charge in [-0.3, -0.25) is 9.59 Å². The number of nitrogens with one attached hydrogen (secondary N) is 1. The van der Waals surface area contributed by atoms with E-state index in [1.54, 1.807) is 7.11 Å². The van der Waals surface area contributed by atoms with Crippen molar-refractivity contribution in [3.8, 4) is 0 Å². The molecule has 3 aliphatic rings. The molecule has 202 valence electrons. The van der Waals surface area contributed by atoms with Crippen LogP contribution in [-0.4, -0.2) is 91.9 Å². The van der Waals surface area contributed by atoms with Gasteiger partial charge in [0.2, 0.25) is 5.91 Å². The minimum absolute atomic E-state index is 0.0116. The van der Waals surface area contributed by atoms with E-state index in [-0.39, 0.29) is 23.8 Å². The lowest BCUT2D eigenvalue weighted by Crippen LogP contribution is -2.56. The van der Waals surface area contributed by atoms with Crippen molar-refractivity contribution in [3.05, 3.63) is 23.0 Å². The SMILES string of the molecule is COCCCCn1c(C(=O)N(CC(C)C)C2CNC[C@H](C(=O)N3CCOCC3)C2)cc2c1CCCC2. The fourth-order valence-electron chi connectivity index (χ4n) is 6.04. The normalized spacial score (nSPS) is 22.5. The first kappa shape index (κ1) is 27.1. The number of carbonyl (C=O) groups is 2. The molecule has 1 aliphatic carbocycles. The van der Waals surface area contributed by atoms with Gasteiger partial charge in [-0.25, -0.2) is 0 Å². The fraction of sp³-hybridized carbons (Fsp3) is 0.786. The van der Waals surface area contributed by atoms with Gasteiger partial charge in [-0.1, -0.05) is 13.8 Å². The average Bonchev–Trinajstić information content (AvgIpc) is 3.28. The Balaban J connectivity index is 1.54. The summed E-state index contributed by atoms with van der Waals surface area (Å²) in [4.78, 5) is 31.5. The number of morpholine rings is 1. The Bertz CT molecular complexity index is 877. The second-order valence-electron chi connectivity index (χ2n) is 11.1. The minimum atomic E-state index is -0.0988. The van der Waals surface area contributed by atoms with Crippen LogP contribution in [0.25, 0.3) is 0 Å². The summed E-state index contributed by atoms with van der Waals surface area (Å²) in [6.07, 6.45) is 7.21. The van der Waals surface area contributed by atoms with Gasteiger partial charge in [0.05, 0.1) is 19.1 Å². The number of ether oxygens (including phenoxy) is 2. The predicted molar refractivity (Wildman–Crippen MR) is 140 cm³/mol. The van der Waals surface area contributed by atoms with E-state index in [0.29, 0.717) is 45.3 Å². The third-order valence-electron chi connectivity index (χ3n) is 7.87. The van der Waals surface area contributed by atoms with Gasteiger partial charge in [0.15, 0.2) is 0 Å². The molecule has 2 aliphatic heterocycles. The van der Waals surface area contributed by atoms with Crippen molar-refractivity contribution in [1.29, 1.82) is 0 Å². The van der Waals surface area contributed by atoms with E-state index in [0.717, 1.165) is 57.5 Å². The number of methoxy groups -OCH3 is 1. The van der Waals surface area contributed by atoms with Gasteiger partial charge in [-0.05, 0) is 62.5 Å². The molecule has 1 N–H and O–H groups in total. The van der Waals surface area contributed by atoms with Crippen LogP contribution in [0.5, 0.6) is 0 Å². The zero-order valence-corrected chi connectivity index (χ0v) is 22.6. The van der Waals surface area contributed by atoms with Gasteiger partial charge in [-0.2, -0.15) is 0 Å². The number of unbranched alkanes of at least 4 members (excludes halogenated alkanes) is 1. The monoisotopic (exact) mass is 502 g/mol. The number of aryl methyl sites for hydroxylation is 1. The summed E-state index contributed by atoms with van der Waals surface area (Å²) in [6, 6.07) is 2.19. The number of rotatable bonds is 10. The number of hydrogen-bond donors (Lipinski definition) is 1. The molecular formula is C28H46N4O4. The Labute approximate surface area is 216 Å². The first-order chi connectivity index (χ1) is 17.5. The molecule has 2 amide bonds. The van der Waals surface area contributed by atoms with E-state index in [1.807, 2.05) is 4.90 Å². The molecule has 2 atom stereocenters. The first-order valence-corrected chi connectivity index (χ1v) is 14.1. The van der Waals surface area contributed by atoms with Gasteiger partial charge in [0.25, 0.3) is 5.91 Å². The summed E-state index contributed by atoms with van der Waals surface area (Å²) in [7, 11) is 1.74. The number of carbonyl (C=O) groups excluding carboxylic acids is 2. The number of hydrogen-bond acceptors (Lipinski definition) is 5. The molecule has 4 rings (SSSR count). The molecule has 1 aromatic heterocycles. The van der Waals surface area contributed by atoms with Crippen LogP contribution in [0.4, 0.5) is 0 Å². The predicted octanol–water partition coefficient (Wildman–Crippen LogP) is 2.73. The maximum absolute atomic E-state index is 14.2. The second-order valence-corrected chi connectivity index (χ2v) is 11.1. The molecule has 0 radical (unpaired) electrons. The standard InChI is InChI=1S/C28H46N4O4/c1-21(2)20-32(24-16-23(18-29-19-24)27(33)30-11-14-36-15-12-30)28(34)26-17-22-8-4-5-9-25(22)31(26)10-6-7-13-35-3/h17,21,23-24,29H,4-16,18-20H2,1-3H3/t23-,24?/m1/s1. The van der Waals surface area contributed by atoms with Crippen molar-refractivity contribution >= 4 is 11.8 Å². The van der Waals surface area contributed by atoms with Crippen molar-refractivity contribution in [2.75, 3.05) is 59.7 Å². The molecule has 3 heterocycles. The Morgan fingerprint density at radius 1 is 1.17 bits per heavy atom. The summed E-state index contributed by atoms with van der Waals surface area (Å²) in [6.45, 7) is 10.6. The molecule has 8 nitrogen and oxygen atoms in total. The largest absolute Gasteiger partial charge is 0.385 e. The second kappa shape index (κ2) is 13.1. The highest BCUT2D eigenvalue weighted by Crippen LogP contribution is 2.28. The Hall–Kier alpha value is -1.90. The van der Waals surface area contributed by atoms with Crippen LogP contribution in [0.1, 0.15) is 67.7 Å². The maximum atomic E-state index is 14.2. The molecule has 2 saturated heterocycles. The molecule has 2 fully saturated rings. The zero-order chi connectivity index (χ0) is 25.5. The van der Waals surface area contributed by atoms with Gasteiger partial charge in [-0.15, -0.1) is 0 Å². The molecule has 1 unspecified atom stereocenters. The summed E-state index contributed by atoms with van der Waals surface area (Å²) in [5.41, 5.74) is 3.54. The van der Waals surface area contributed by atoms with E-state index in [9.17, 15) is 9.59 Å². The van der Waals surface area contributed by atoms with E-state index in [1.165, 1.54) is 24.1 Å². The van der Waals surface area contributed by atoms with Gasteiger partial charge in [0.1, 0.15) is 5.69 Å². The number of aromatic nitrogens is 1. The maximum Gasteiger partial charge on any atom is 0.270 e.